The van der Waals surface area contributed by atoms with Crippen LogP contribution >= 0.6 is 32.9 Å². The average molecular weight is 261 g/mol. The van der Waals surface area contributed by atoms with Gasteiger partial charge in [0.05, 0.1) is 4.95 Å². The van der Waals surface area contributed by atoms with E-state index >= 15 is 0 Å². The minimum absolute atomic E-state index is 0. The maximum Gasteiger partial charge on any atom is 0.0626 e. The van der Waals surface area contributed by atoms with Crippen LogP contribution in [0.5, 0.6) is 0 Å². The molecule has 0 spiro atoms. The third kappa shape index (κ3) is 5.37. The molecule has 0 heterocycles. The molecular weight excluding hydrogens is 246 g/mol. The summed E-state index contributed by atoms with van der Waals surface area (Å²) in [5, 5.41) is 0. The average Bonchev–Trinajstić information content (AvgIpc) is 1.69. The number of rotatable bonds is 3. The van der Waals surface area contributed by atoms with Crippen molar-refractivity contribution in [3.8, 4) is 0 Å². The Morgan fingerprint density at radius 3 is 1.67 bits per heavy atom. The van der Waals surface area contributed by atoms with Crippen molar-refractivity contribution in [1.29, 1.82) is 0 Å². The Bertz CT molecular complexity index is 53.0. The highest BCUT2D eigenvalue weighted by Gasteiger charge is 2.02. The van der Waals surface area contributed by atoms with Gasteiger partial charge in [0.1, 0.15) is 0 Å². The fourth-order valence-corrected chi connectivity index (χ4v) is 1.31. The first-order valence-electron chi connectivity index (χ1n) is 3.10. The fourth-order valence-electron chi connectivity index (χ4n) is 0.727. The van der Waals surface area contributed by atoms with Gasteiger partial charge in [-0.05, 0) is 20.0 Å². The van der Waals surface area contributed by atoms with Crippen LogP contribution in [0.3, 0.4) is 0 Å². The molecule has 0 rings (SSSR count). The molecule has 0 saturated heterocycles. The van der Waals surface area contributed by atoms with Crippen LogP contribution in [0.15, 0.2) is 0 Å². The molecule has 0 aliphatic carbocycles. The molecule has 0 aromatic rings. The van der Waals surface area contributed by atoms with Crippen molar-refractivity contribution in [2.45, 2.75) is 25.7 Å². The van der Waals surface area contributed by atoms with Crippen molar-refractivity contribution < 1.29 is 0 Å². The molecule has 3 heteroatoms. The lowest BCUT2D eigenvalue weighted by atomic mass is 10.5. The molecule has 9 heavy (non-hydrogen) atoms. The van der Waals surface area contributed by atoms with Crippen LogP contribution in [0.1, 0.15) is 20.8 Å². The monoisotopic (exact) mass is 259 g/mol. The second kappa shape index (κ2) is 7.03. The van der Waals surface area contributed by atoms with Crippen molar-refractivity contribution in [2.24, 2.45) is 0 Å². The van der Waals surface area contributed by atoms with Crippen LogP contribution in [0.4, 0.5) is 0 Å². The molecule has 1 unspecified atom stereocenters. The highest BCUT2D eigenvalue weighted by Crippen LogP contribution is 2.03. The Labute approximate surface area is 76.7 Å². The van der Waals surface area contributed by atoms with E-state index < -0.39 is 0 Å². The SMILES string of the molecule is Br.CCN(CC)C(C)Br. The third-order valence-electron chi connectivity index (χ3n) is 1.32. The van der Waals surface area contributed by atoms with E-state index in [0.717, 1.165) is 13.1 Å². The maximum absolute atomic E-state index is 3.49. The van der Waals surface area contributed by atoms with E-state index in [1.54, 1.807) is 0 Å². The predicted molar refractivity (Wildman–Crippen MR) is 51.6 cm³/mol. The Morgan fingerprint density at radius 1 is 1.33 bits per heavy atom. The lowest BCUT2D eigenvalue weighted by Gasteiger charge is -2.20. The predicted octanol–water partition coefficient (Wildman–Crippen LogP) is 2.65. The molecule has 0 radical (unpaired) electrons. The van der Waals surface area contributed by atoms with Gasteiger partial charge >= 0.3 is 0 Å². The standard InChI is InChI=1S/C6H14BrN.BrH/c1-4-8(5-2)6(3)7;/h6H,4-5H2,1-3H3;1H. The quantitative estimate of drug-likeness (QED) is 0.557. The van der Waals surface area contributed by atoms with Crippen LogP contribution in [0.2, 0.25) is 0 Å². The van der Waals surface area contributed by atoms with Gasteiger partial charge in [-0.15, -0.1) is 17.0 Å². The first kappa shape index (κ1) is 12.6. The zero-order valence-electron chi connectivity index (χ0n) is 6.22. The summed E-state index contributed by atoms with van der Waals surface area (Å²) in [6, 6.07) is 0. The van der Waals surface area contributed by atoms with Gasteiger partial charge in [-0.2, -0.15) is 0 Å². The number of alkyl halides is 1. The second-order valence-corrected chi connectivity index (χ2v) is 3.12. The molecule has 0 aliphatic heterocycles. The first-order valence-corrected chi connectivity index (χ1v) is 4.02. The molecule has 0 fully saturated rings. The number of hydrogen-bond acceptors (Lipinski definition) is 1. The summed E-state index contributed by atoms with van der Waals surface area (Å²) in [6.07, 6.45) is 0. The van der Waals surface area contributed by atoms with Gasteiger partial charge in [-0.25, -0.2) is 0 Å². The summed E-state index contributed by atoms with van der Waals surface area (Å²) < 4.78 is 0. The molecule has 0 bridgehead atoms. The molecular formula is C6H15Br2N. The van der Waals surface area contributed by atoms with Gasteiger partial charge in [0, 0.05) is 0 Å². The van der Waals surface area contributed by atoms with Crippen molar-refractivity contribution in [3.63, 3.8) is 0 Å². The van der Waals surface area contributed by atoms with Gasteiger partial charge < -0.3 is 0 Å². The molecule has 0 aromatic heterocycles. The lowest BCUT2D eigenvalue weighted by Crippen LogP contribution is -2.27. The summed E-state index contributed by atoms with van der Waals surface area (Å²) in [5.74, 6) is 0. The van der Waals surface area contributed by atoms with E-state index in [-0.39, 0.29) is 17.0 Å². The van der Waals surface area contributed by atoms with Gasteiger partial charge in [0.2, 0.25) is 0 Å². The Balaban J connectivity index is 0. The van der Waals surface area contributed by atoms with E-state index in [1.807, 2.05) is 0 Å². The van der Waals surface area contributed by atoms with Crippen molar-refractivity contribution in [2.75, 3.05) is 13.1 Å². The number of nitrogens with zero attached hydrogens (tertiary/aromatic N) is 1. The number of halogens is 2. The molecule has 1 nitrogen and oxygen atoms in total. The van der Waals surface area contributed by atoms with E-state index in [0.29, 0.717) is 4.95 Å². The zero-order valence-corrected chi connectivity index (χ0v) is 9.52. The van der Waals surface area contributed by atoms with Crippen LogP contribution < -0.4 is 0 Å². The number of hydrogen-bond donors (Lipinski definition) is 0. The normalized spacial score (nSPS) is 13.0. The fraction of sp³-hybridized carbons (Fsp3) is 1.00. The summed E-state index contributed by atoms with van der Waals surface area (Å²) in [7, 11) is 0. The van der Waals surface area contributed by atoms with E-state index in [1.165, 1.54) is 0 Å². The zero-order chi connectivity index (χ0) is 6.57. The summed E-state index contributed by atoms with van der Waals surface area (Å²) in [4.78, 5) is 2.86. The highest BCUT2D eigenvalue weighted by atomic mass is 79.9. The van der Waals surface area contributed by atoms with Crippen molar-refractivity contribution in [1.82, 2.24) is 4.90 Å². The van der Waals surface area contributed by atoms with Crippen LogP contribution in [-0.2, 0) is 0 Å². The maximum atomic E-state index is 3.49. The second-order valence-electron chi connectivity index (χ2n) is 1.80. The summed E-state index contributed by atoms with van der Waals surface area (Å²) >= 11 is 3.49. The Kier molecular flexibility index (Phi) is 9.83. The molecule has 58 valence electrons. The van der Waals surface area contributed by atoms with Crippen LogP contribution in [-0.4, -0.2) is 22.9 Å². The summed E-state index contributed by atoms with van der Waals surface area (Å²) in [5.41, 5.74) is 0. The summed E-state index contributed by atoms with van der Waals surface area (Å²) in [6.45, 7) is 8.74. The van der Waals surface area contributed by atoms with Crippen molar-refractivity contribution >= 4 is 32.9 Å². The van der Waals surface area contributed by atoms with Crippen LogP contribution in [0.25, 0.3) is 0 Å². The molecule has 0 saturated carbocycles. The molecule has 0 aliphatic rings. The van der Waals surface area contributed by atoms with E-state index in [4.69, 9.17) is 0 Å². The highest BCUT2D eigenvalue weighted by molar-refractivity contribution is 9.09. The van der Waals surface area contributed by atoms with Gasteiger partial charge in [-0.3, -0.25) is 4.90 Å². The first-order chi connectivity index (χ1) is 3.72. The molecule has 1 atom stereocenters. The smallest absolute Gasteiger partial charge is 0.0626 e. The van der Waals surface area contributed by atoms with E-state index in [9.17, 15) is 0 Å². The minimum atomic E-state index is 0. The largest absolute Gasteiger partial charge is 0.292 e. The molecule has 0 amide bonds. The minimum Gasteiger partial charge on any atom is -0.292 e. The van der Waals surface area contributed by atoms with Gasteiger partial charge in [0.25, 0.3) is 0 Å². The Morgan fingerprint density at radius 2 is 1.67 bits per heavy atom. The van der Waals surface area contributed by atoms with Gasteiger partial charge in [0.15, 0.2) is 0 Å². The van der Waals surface area contributed by atoms with E-state index in [2.05, 4.69) is 41.6 Å². The van der Waals surface area contributed by atoms with Crippen molar-refractivity contribution in [3.05, 3.63) is 0 Å². The molecule has 0 aromatic carbocycles. The Hall–Kier alpha value is 0.920. The van der Waals surface area contributed by atoms with Gasteiger partial charge in [-0.1, -0.05) is 29.8 Å². The molecule has 0 N–H and O–H groups in total. The van der Waals surface area contributed by atoms with Crippen LogP contribution in [0, 0.1) is 0 Å². The lowest BCUT2D eigenvalue weighted by molar-refractivity contribution is 0.302. The third-order valence-corrected chi connectivity index (χ3v) is 1.89. The topological polar surface area (TPSA) is 3.24 Å².